The van der Waals surface area contributed by atoms with Gasteiger partial charge in [-0.25, -0.2) is 4.79 Å². The van der Waals surface area contributed by atoms with Gasteiger partial charge in [-0.15, -0.1) is 0 Å². The highest BCUT2D eigenvalue weighted by Gasteiger charge is 2.55. The second-order valence-electron chi connectivity index (χ2n) is 7.32. The molecule has 2 aliphatic rings. The second-order valence-corrected chi connectivity index (χ2v) is 7.32. The zero-order valence-electron chi connectivity index (χ0n) is 15.9. The summed E-state index contributed by atoms with van der Waals surface area (Å²) in [7, 11) is 0. The minimum Gasteiger partial charge on any atom is -0.394 e. The van der Waals surface area contributed by atoms with Crippen LogP contribution >= 0.6 is 0 Å². The zero-order chi connectivity index (χ0) is 19.7. The number of urea groups is 1. The van der Waals surface area contributed by atoms with E-state index in [0.717, 1.165) is 17.7 Å². The topological polar surface area (TPSA) is 72.9 Å². The Hall–Kier alpha value is -2.86. The van der Waals surface area contributed by atoms with E-state index in [2.05, 4.69) is 5.32 Å². The first-order valence-corrected chi connectivity index (χ1v) is 9.80. The summed E-state index contributed by atoms with van der Waals surface area (Å²) in [6.07, 6.45) is 0.860. The van der Waals surface area contributed by atoms with Gasteiger partial charge >= 0.3 is 6.03 Å². The predicted molar refractivity (Wildman–Crippen MR) is 107 cm³/mol. The van der Waals surface area contributed by atoms with Crippen molar-refractivity contribution in [3.05, 3.63) is 65.7 Å². The molecule has 2 aliphatic heterocycles. The summed E-state index contributed by atoms with van der Waals surface area (Å²) >= 11 is 0. The first-order chi connectivity index (χ1) is 13.7. The Morgan fingerprint density at radius 3 is 2.54 bits per heavy atom. The van der Waals surface area contributed by atoms with Crippen LogP contribution in [0.2, 0.25) is 0 Å². The minimum absolute atomic E-state index is 0.0316. The summed E-state index contributed by atoms with van der Waals surface area (Å²) in [6.45, 7) is 2.94. The second kappa shape index (κ2) is 7.64. The Bertz CT molecular complexity index is 870. The lowest BCUT2D eigenvalue weighted by molar-refractivity contribution is -0.0242. The number of rotatable bonds is 4. The van der Waals surface area contributed by atoms with Gasteiger partial charge in [0.05, 0.1) is 18.7 Å². The van der Waals surface area contributed by atoms with E-state index in [1.165, 1.54) is 0 Å². The van der Waals surface area contributed by atoms with Crippen molar-refractivity contribution in [2.24, 2.45) is 0 Å². The number of fused-ring (bicyclic) bond motifs is 3. The molecule has 2 heterocycles. The maximum absolute atomic E-state index is 13.1. The number of nitrogens with zero attached hydrogens (tertiary/aromatic N) is 2. The van der Waals surface area contributed by atoms with Crippen molar-refractivity contribution in [3.8, 4) is 0 Å². The molecule has 0 saturated carbocycles. The van der Waals surface area contributed by atoms with Crippen LogP contribution in [0.5, 0.6) is 0 Å². The Kier molecular flexibility index (Phi) is 5.05. The van der Waals surface area contributed by atoms with E-state index < -0.39 is 0 Å². The normalized spacial score (nSPS) is 22.7. The molecule has 2 aromatic carbocycles. The molecule has 0 unspecified atom stereocenters. The number of amides is 3. The van der Waals surface area contributed by atoms with E-state index in [9.17, 15) is 14.7 Å². The predicted octanol–water partition coefficient (Wildman–Crippen LogP) is 2.60. The standard InChI is InChI=1S/C22H25N3O3/c1-2-12-23-22(28)24-13-18-20(16-10-6-7-11-17(16)24)19(14-26)25(18)21(27)15-8-4-3-5-9-15/h3-11,18-20,26H,2,12-14H2,1H3,(H,23,28)/t18-,19-,20+/m1/s1. The van der Waals surface area contributed by atoms with Gasteiger partial charge < -0.3 is 15.3 Å². The van der Waals surface area contributed by atoms with Gasteiger partial charge in [-0.1, -0.05) is 43.3 Å². The molecule has 4 rings (SSSR count). The lowest BCUT2D eigenvalue weighted by atomic mass is 9.71. The first kappa shape index (κ1) is 18.5. The molecule has 28 heavy (non-hydrogen) atoms. The van der Waals surface area contributed by atoms with E-state index in [-0.39, 0.29) is 36.5 Å². The number of hydrogen-bond donors (Lipinski definition) is 2. The van der Waals surface area contributed by atoms with Crippen molar-refractivity contribution in [2.75, 3.05) is 24.6 Å². The van der Waals surface area contributed by atoms with Crippen LogP contribution < -0.4 is 10.2 Å². The van der Waals surface area contributed by atoms with Crippen LogP contribution in [-0.2, 0) is 0 Å². The monoisotopic (exact) mass is 379 g/mol. The molecular weight excluding hydrogens is 354 g/mol. The highest BCUT2D eigenvalue weighted by Crippen LogP contribution is 2.48. The van der Waals surface area contributed by atoms with Crippen LogP contribution in [0.15, 0.2) is 54.6 Å². The van der Waals surface area contributed by atoms with Crippen molar-refractivity contribution in [3.63, 3.8) is 0 Å². The molecule has 2 N–H and O–H groups in total. The largest absolute Gasteiger partial charge is 0.394 e. The molecule has 0 bridgehead atoms. The van der Waals surface area contributed by atoms with E-state index in [1.807, 2.05) is 49.4 Å². The number of benzene rings is 2. The Labute approximate surface area is 164 Å². The SMILES string of the molecule is CCCNC(=O)N1C[C@@H]2[C@H](c3ccccc31)[C@@H](CO)N2C(=O)c1ccccc1. The number of para-hydroxylation sites is 1. The first-order valence-electron chi connectivity index (χ1n) is 9.80. The van der Waals surface area contributed by atoms with Gasteiger partial charge in [0.1, 0.15) is 0 Å². The van der Waals surface area contributed by atoms with Crippen LogP contribution in [0.1, 0.15) is 35.2 Å². The smallest absolute Gasteiger partial charge is 0.321 e. The van der Waals surface area contributed by atoms with Crippen LogP contribution in [-0.4, -0.2) is 53.7 Å². The summed E-state index contributed by atoms with van der Waals surface area (Å²) in [6, 6.07) is 16.3. The molecule has 0 aliphatic carbocycles. The number of carbonyl (C=O) groups excluding carboxylic acids is 2. The van der Waals surface area contributed by atoms with E-state index in [0.29, 0.717) is 18.7 Å². The zero-order valence-corrected chi connectivity index (χ0v) is 15.9. The fraction of sp³-hybridized carbons (Fsp3) is 0.364. The summed E-state index contributed by atoms with van der Waals surface area (Å²) in [4.78, 5) is 29.3. The maximum atomic E-state index is 13.1. The van der Waals surface area contributed by atoms with Crippen LogP contribution in [0.25, 0.3) is 0 Å². The highest BCUT2D eigenvalue weighted by molar-refractivity contribution is 5.97. The fourth-order valence-corrected chi connectivity index (χ4v) is 4.42. The molecule has 0 aromatic heterocycles. The summed E-state index contributed by atoms with van der Waals surface area (Å²) in [5, 5.41) is 13.0. The third-order valence-electron chi connectivity index (χ3n) is 5.71. The van der Waals surface area contributed by atoms with Crippen molar-refractivity contribution >= 4 is 17.6 Å². The lowest BCUT2D eigenvalue weighted by Crippen LogP contribution is -2.71. The Morgan fingerprint density at radius 2 is 1.82 bits per heavy atom. The van der Waals surface area contributed by atoms with Gasteiger partial charge in [0.25, 0.3) is 5.91 Å². The van der Waals surface area contributed by atoms with Crippen molar-refractivity contribution in [1.82, 2.24) is 10.2 Å². The van der Waals surface area contributed by atoms with Crippen LogP contribution in [0, 0.1) is 0 Å². The number of carbonyl (C=O) groups is 2. The average molecular weight is 379 g/mol. The number of hydrogen-bond acceptors (Lipinski definition) is 3. The van der Waals surface area contributed by atoms with Crippen molar-refractivity contribution < 1.29 is 14.7 Å². The molecule has 0 spiro atoms. The average Bonchev–Trinajstić information content (AvgIpc) is 2.73. The number of aliphatic hydroxyl groups excluding tert-OH is 1. The van der Waals surface area contributed by atoms with Gasteiger partial charge in [0, 0.05) is 30.3 Å². The third-order valence-corrected chi connectivity index (χ3v) is 5.71. The molecule has 0 radical (unpaired) electrons. The molecule has 3 amide bonds. The molecule has 146 valence electrons. The lowest BCUT2D eigenvalue weighted by Gasteiger charge is -2.58. The summed E-state index contributed by atoms with van der Waals surface area (Å²) in [5.41, 5.74) is 2.48. The van der Waals surface area contributed by atoms with Gasteiger partial charge in [0.15, 0.2) is 0 Å². The molecule has 1 fully saturated rings. The van der Waals surface area contributed by atoms with Gasteiger partial charge in [-0.05, 0) is 30.2 Å². The molecular formula is C22H25N3O3. The molecule has 2 aromatic rings. The molecule has 1 saturated heterocycles. The van der Waals surface area contributed by atoms with E-state index in [1.54, 1.807) is 21.9 Å². The third kappa shape index (κ3) is 2.94. The number of anilines is 1. The number of nitrogens with one attached hydrogen (secondary N) is 1. The fourth-order valence-electron chi connectivity index (χ4n) is 4.42. The van der Waals surface area contributed by atoms with Gasteiger partial charge in [-0.2, -0.15) is 0 Å². The minimum atomic E-state index is -0.278. The van der Waals surface area contributed by atoms with Gasteiger partial charge in [-0.3, -0.25) is 9.69 Å². The van der Waals surface area contributed by atoms with Crippen molar-refractivity contribution in [2.45, 2.75) is 31.3 Å². The Balaban J connectivity index is 1.67. The summed E-state index contributed by atoms with van der Waals surface area (Å²) < 4.78 is 0. The van der Waals surface area contributed by atoms with Crippen LogP contribution in [0.3, 0.4) is 0 Å². The van der Waals surface area contributed by atoms with Gasteiger partial charge in [0.2, 0.25) is 0 Å². The number of aliphatic hydroxyl groups is 1. The maximum Gasteiger partial charge on any atom is 0.321 e. The van der Waals surface area contributed by atoms with E-state index >= 15 is 0 Å². The Morgan fingerprint density at radius 1 is 1.11 bits per heavy atom. The molecule has 3 atom stereocenters. The molecule has 6 heteroatoms. The van der Waals surface area contributed by atoms with Crippen LogP contribution in [0.4, 0.5) is 10.5 Å². The van der Waals surface area contributed by atoms with Crippen molar-refractivity contribution in [1.29, 1.82) is 0 Å². The highest BCUT2D eigenvalue weighted by atomic mass is 16.3. The number of likely N-dealkylation sites (tertiary alicyclic amines) is 1. The quantitative estimate of drug-likeness (QED) is 0.858. The summed E-state index contributed by atoms with van der Waals surface area (Å²) in [5.74, 6) is -0.0710. The molecule has 6 nitrogen and oxygen atoms in total. The van der Waals surface area contributed by atoms with E-state index in [4.69, 9.17) is 0 Å².